The van der Waals surface area contributed by atoms with Crippen molar-refractivity contribution in [2.45, 2.75) is 0 Å². The Morgan fingerprint density at radius 2 is 1.87 bits per heavy atom. The first-order valence-corrected chi connectivity index (χ1v) is 6.63. The molecular formula is C15H11N5O3. The van der Waals surface area contributed by atoms with E-state index in [4.69, 9.17) is 5.73 Å². The average molecular weight is 309 g/mol. The van der Waals surface area contributed by atoms with E-state index in [2.05, 4.69) is 10.1 Å². The van der Waals surface area contributed by atoms with Gasteiger partial charge in [-0.15, -0.1) is 5.10 Å². The minimum atomic E-state index is -0.583. The van der Waals surface area contributed by atoms with Crippen molar-refractivity contribution in [2.24, 2.45) is 0 Å². The zero-order chi connectivity index (χ0) is 16.4. The molecule has 23 heavy (non-hydrogen) atoms. The molecule has 2 aromatic carbocycles. The molecule has 8 nitrogen and oxygen atoms in total. The standard InChI is InChI=1S/C15H11N5O3/c16-15-17-13(10-5-2-1-3-6-10)18-19(15)14(21)11-7-4-8-12(9-11)20(22)23/h1-9H,(H2,16,17,18). The van der Waals surface area contributed by atoms with Crippen LogP contribution in [0.4, 0.5) is 11.6 Å². The van der Waals surface area contributed by atoms with Gasteiger partial charge in [-0.2, -0.15) is 9.67 Å². The lowest BCUT2D eigenvalue weighted by Gasteiger charge is -2.01. The third-order valence-electron chi connectivity index (χ3n) is 3.16. The Morgan fingerprint density at radius 1 is 1.13 bits per heavy atom. The van der Waals surface area contributed by atoms with Gasteiger partial charge in [-0.3, -0.25) is 14.9 Å². The third kappa shape index (κ3) is 2.77. The molecule has 3 rings (SSSR count). The van der Waals surface area contributed by atoms with Gasteiger partial charge in [-0.25, -0.2) is 0 Å². The number of carbonyl (C=O) groups excluding carboxylic acids is 1. The lowest BCUT2D eigenvalue weighted by molar-refractivity contribution is -0.384. The maximum Gasteiger partial charge on any atom is 0.281 e. The summed E-state index contributed by atoms with van der Waals surface area (Å²) in [6, 6.07) is 14.4. The monoisotopic (exact) mass is 309 g/mol. The fourth-order valence-electron chi connectivity index (χ4n) is 2.06. The van der Waals surface area contributed by atoms with Gasteiger partial charge in [-0.1, -0.05) is 36.4 Å². The summed E-state index contributed by atoms with van der Waals surface area (Å²) in [4.78, 5) is 26.7. The molecule has 0 fully saturated rings. The Bertz CT molecular complexity index is 889. The van der Waals surface area contributed by atoms with Crippen LogP contribution in [0.5, 0.6) is 0 Å². The number of anilines is 1. The first kappa shape index (κ1) is 14.4. The lowest BCUT2D eigenvalue weighted by Crippen LogP contribution is -2.16. The minimum Gasteiger partial charge on any atom is -0.368 e. The van der Waals surface area contributed by atoms with E-state index >= 15 is 0 Å². The van der Waals surface area contributed by atoms with Gasteiger partial charge in [0.05, 0.1) is 4.92 Å². The van der Waals surface area contributed by atoms with Crippen LogP contribution in [0.15, 0.2) is 54.6 Å². The van der Waals surface area contributed by atoms with Crippen LogP contribution in [-0.4, -0.2) is 25.6 Å². The lowest BCUT2D eigenvalue weighted by atomic mass is 10.2. The van der Waals surface area contributed by atoms with E-state index in [9.17, 15) is 14.9 Å². The second-order valence-electron chi connectivity index (χ2n) is 4.68. The average Bonchev–Trinajstić information content (AvgIpc) is 2.97. The Balaban J connectivity index is 1.99. The maximum atomic E-state index is 12.4. The van der Waals surface area contributed by atoms with Crippen LogP contribution in [-0.2, 0) is 0 Å². The van der Waals surface area contributed by atoms with Crippen LogP contribution in [0, 0.1) is 10.1 Å². The van der Waals surface area contributed by atoms with Gasteiger partial charge in [0.25, 0.3) is 11.6 Å². The van der Waals surface area contributed by atoms with Crippen molar-refractivity contribution in [3.05, 3.63) is 70.3 Å². The molecule has 8 heteroatoms. The first-order chi connectivity index (χ1) is 11.1. The van der Waals surface area contributed by atoms with Gasteiger partial charge in [0.2, 0.25) is 5.95 Å². The van der Waals surface area contributed by atoms with Gasteiger partial charge in [0, 0.05) is 23.3 Å². The Labute approximate surface area is 130 Å². The predicted octanol–water partition coefficient (Wildman–Crippen LogP) is 2.12. The molecule has 0 spiro atoms. The van der Waals surface area contributed by atoms with Crippen molar-refractivity contribution in [3.63, 3.8) is 0 Å². The molecule has 0 aliphatic carbocycles. The minimum absolute atomic E-state index is 0.0830. The molecule has 1 heterocycles. The Morgan fingerprint density at radius 3 is 2.57 bits per heavy atom. The van der Waals surface area contributed by atoms with E-state index in [0.717, 1.165) is 4.68 Å². The van der Waals surface area contributed by atoms with Crippen LogP contribution < -0.4 is 5.73 Å². The summed E-state index contributed by atoms with van der Waals surface area (Å²) in [6.45, 7) is 0. The number of nitro groups is 1. The smallest absolute Gasteiger partial charge is 0.281 e. The third-order valence-corrected chi connectivity index (χ3v) is 3.16. The second kappa shape index (κ2) is 5.68. The zero-order valence-electron chi connectivity index (χ0n) is 11.8. The van der Waals surface area contributed by atoms with Crippen LogP contribution in [0.3, 0.4) is 0 Å². The summed E-state index contributed by atoms with van der Waals surface area (Å²) < 4.78 is 0.932. The molecule has 0 bridgehead atoms. The van der Waals surface area contributed by atoms with Crippen molar-refractivity contribution in [3.8, 4) is 11.4 Å². The van der Waals surface area contributed by atoms with E-state index in [-0.39, 0.29) is 17.2 Å². The van der Waals surface area contributed by atoms with Gasteiger partial charge in [0.15, 0.2) is 5.82 Å². The molecule has 0 saturated heterocycles. The molecular weight excluding hydrogens is 298 g/mol. The van der Waals surface area contributed by atoms with Gasteiger partial charge in [-0.05, 0) is 6.07 Å². The highest BCUT2D eigenvalue weighted by Gasteiger charge is 2.18. The molecule has 0 unspecified atom stereocenters. The van der Waals surface area contributed by atoms with Crippen molar-refractivity contribution in [1.82, 2.24) is 14.8 Å². The highest BCUT2D eigenvalue weighted by molar-refractivity contribution is 5.97. The molecule has 114 valence electrons. The second-order valence-corrected chi connectivity index (χ2v) is 4.68. The summed E-state index contributed by atoms with van der Waals surface area (Å²) in [5.41, 5.74) is 6.39. The number of rotatable bonds is 3. The number of hydrogen-bond donors (Lipinski definition) is 1. The molecule has 1 aromatic heterocycles. The molecule has 0 aliphatic rings. The Hall–Kier alpha value is -3.55. The quantitative estimate of drug-likeness (QED) is 0.585. The van der Waals surface area contributed by atoms with Gasteiger partial charge in [0.1, 0.15) is 0 Å². The summed E-state index contributed by atoms with van der Waals surface area (Å²) in [6.07, 6.45) is 0. The molecule has 2 N–H and O–H groups in total. The van der Waals surface area contributed by atoms with E-state index in [1.54, 1.807) is 12.1 Å². The molecule has 0 saturated carbocycles. The number of nitrogens with zero attached hydrogens (tertiary/aromatic N) is 4. The molecule has 0 atom stereocenters. The molecule has 0 amide bonds. The maximum absolute atomic E-state index is 12.4. The Kier molecular flexibility index (Phi) is 3.55. The zero-order valence-corrected chi connectivity index (χ0v) is 11.8. The SMILES string of the molecule is Nc1nc(-c2ccccc2)nn1C(=O)c1cccc([N+](=O)[O-])c1. The number of carbonyl (C=O) groups is 1. The number of nitrogen functional groups attached to an aromatic ring is 1. The number of hydrogen-bond acceptors (Lipinski definition) is 6. The largest absolute Gasteiger partial charge is 0.368 e. The summed E-state index contributed by atoms with van der Waals surface area (Å²) in [7, 11) is 0. The fraction of sp³-hybridized carbons (Fsp3) is 0. The van der Waals surface area contributed by atoms with Crippen LogP contribution in [0.1, 0.15) is 10.4 Å². The number of nitro benzene ring substituents is 1. The van der Waals surface area contributed by atoms with Crippen molar-refractivity contribution in [1.29, 1.82) is 0 Å². The van der Waals surface area contributed by atoms with E-state index in [1.165, 1.54) is 24.3 Å². The summed E-state index contributed by atoms with van der Waals surface area (Å²) in [5.74, 6) is -0.358. The van der Waals surface area contributed by atoms with E-state index in [0.29, 0.717) is 11.4 Å². The van der Waals surface area contributed by atoms with Crippen LogP contribution in [0.25, 0.3) is 11.4 Å². The summed E-state index contributed by atoms with van der Waals surface area (Å²) >= 11 is 0. The van der Waals surface area contributed by atoms with Crippen molar-refractivity contribution in [2.75, 3.05) is 5.73 Å². The van der Waals surface area contributed by atoms with Crippen molar-refractivity contribution < 1.29 is 9.72 Å². The predicted molar refractivity (Wildman–Crippen MR) is 82.7 cm³/mol. The molecule has 0 radical (unpaired) electrons. The van der Waals surface area contributed by atoms with E-state index in [1.807, 2.05) is 18.2 Å². The fourth-order valence-corrected chi connectivity index (χ4v) is 2.06. The van der Waals surface area contributed by atoms with Crippen LogP contribution in [0.2, 0.25) is 0 Å². The number of nitrogens with two attached hydrogens (primary N) is 1. The topological polar surface area (TPSA) is 117 Å². The number of non-ortho nitro benzene ring substituents is 1. The highest BCUT2D eigenvalue weighted by atomic mass is 16.6. The van der Waals surface area contributed by atoms with Crippen molar-refractivity contribution >= 4 is 17.5 Å². The van der Waals surface area contributed by atoms with Gasteiger partial charge >= 0.3 is 0 Å². The highest BCUT2D eigenvalue weighted by Crippen LogP contribution is 2.18. The molecule has 0 aliphatic heterocycles. The molecule has 3 aromatic rings. The van der Waals surface area contributed by atoms with Crippen LogP contribution >= 0.6 is 0 Å². The number of benzene rings is 2. The van der Waals surface area contributed by atoms with E-state index < -0.39 is 10.8 Å². The first-order valence-electron chi connectivity index (χ1n) is 6.63. The van der Waals surface area contributed by atoms with Gasteiger partial charge < -0.3 is 5.73 Å². The summed E-state index contributed by atoms with van der Waals surface area (Å²) in [5, 5.41) is 14.9. The number of aromatic nitrogens is 3. The normalized spacial score (nSPS) is 10.4.